The fourth-order valence-corrected chi connectivity index (χ4v) is 4.95. The number of ether oxygens (including phenoxy) is 3. The number of aliphatic hydroxyl groups is 4. The Balaban J connectivity index is 1.33. The molecule has 0 saturated carbocycles. The molecule has 5 atom stereocenters. The summed E-state index contributed by atoms with van der Waals surface area (Å²) in [6.45, 7) is -0.775. The van der Waals surface area contributed by atoms with Crippen molar-refractivity contribution >= 4 is 17.8 Å². The van der Waals surface area contributed by atoms with Gasteiger partial charge in [0, 0.05) is 10.6 Å². The van der Waals surface area contributed by atoms with Crippen LogP contribution in [0.25, 0.3) is 0 Å². The lowest BCUT2D eigenvalue weighted by molar-refractivity contribution is -0.329. The molecule has 0 amide bonds. The number of halogens is 1. The third kappa shape index (κ3) is 4.78. The third-order valence-corrected chi connectivity index (χ3v) is 7.29. The number of rotatable bonds is 8. The van der Waals surface area contributed by atoms with Crippen LogP contribution in [0.2, 0.25) is 5.02 Å². The van der Waals surface area contributed by atoms with E-state index in [0.29, 0.717) is 28.5 Å². The van der Waals surface area contributed by atoms with Gasteiger partial charge < -0.3 is 39.5 Å². The Bertz CT molecular complexity index is 1300. The van der Waals surface area contributed by atoms with Crippen LogP contribution < -0.4 is 4.74 Å². The maximum atomic E-state index is 10.8. The van der Waals surface area contributed by atoms with Gasteiger partial charge in [0.2, 0.25) is 5.79 Å². The zero-order valence-corrected chi connectivity index (χ0v) is 21.3. The standard InChI is InChI=1S/C28H28ClNO8/c1-35-30-14-18-4-9-22(10-5-18)37-21-7-2-17(3-8-21)12-19-13-20(6-11-23(19)29)28-26(34)24(32)25(33)27(15-31,38-28)16-36-28/h2-11,13-14,24-26,31-34H,12,15-16H2,1H3/b30-14-/t24-,25-,26+,27-,28-/m0/s1. The highest BCUT2D eigenvalue weighted by Gasteiger charge is 2.67. The largest absolute Gasteiger partial charge is 0.457 e. The summed E-state index contributed by atoms with van der Waals surface area (Å²) < 4.78 is 17.7. The monoisotopic (exact) mass is 541 g/mol. The van der Waals surface area contributed by atoms with Gasteiger partial charge in [-0.1, -0.05) is 35.0 Å². The molecule has 38 heavy (non-hydrogen) atoms. The van der Waals surface area contributed by atoms with Crippen LogP contribution in [0.15, 0.2) is 71.9 Å². The molecule has 9 nitrogen and oxygen atoms in total. The first kappa shape index (κ1) is 26.6. The van der Waals surface area contributed by atoms with Crippen LogP contribution in [0.4, 0.5) is 0 Å². The number of nitrogens with zero attached hydrogens (tertiary/aromatic N) is 1. The average Bonchev–Trinajstić information content (AvgIpc) is 3.33. The smallest absolute Gasteiger partial charge is 0.225 e. The first-order chi connectivity index (χ1) is 18.3. The lowest BCUT2D eigenvalue weighted by Crippen LogP contribution is -2.65. The van der Waals surface area contributed by atoms with Crippen molar-refractivity contribution in [3.8, 4) is 11.5 Å². The molecule has 3 aromatic carbocycles. The maximum Gasteiger partial charge on any atom is 0.225 e. The van der Waals surface area contributed by atoms with E-state index >= 15 is 0 Å². The van der Waals surface area contributed by atoms with Gasteiger partial charge in [0.25, 0.3) is 0 Å². The summed E-state index contributed by atoms with van der Waals surface area (Å²) in [5.74, 6) is -0.406. The predicted molar refractivity (Wildman–Crippen MR) is 138 cm³/mol. The van der Waals surface area contributed by atoms with Gasteiger partial charge in [0.1, 0.15) is 42.5 Å². The molecule has 3 aromatic rings. The van der Waals surface area contributed by atoms with E-state index in [4.69, 9.17) is 25.8 Å². The Labute approximate surface area is 224 Å². The molecule has 0 radical (unpaired) electrons. The van der Waals surface area contributed by atoms with E-state index in [1.807, 2.05) is 48.5 Å². The minimum absolute atomic E-state index is 0.193. The molecule has 2 aliphatic rings. The number of hydrogen-bond donors (Lipinski definition) is 4. The van der Waals surface area contributed by atoms with Crippen LogP contribution in [0.5, 0.6) is 11.5 Å². The average molecular weight is 542 g/mol. The van der Waals surface area contributed by atoms with Crippen LogP contribution in [0, 0.1) is 0 Å². The molecule has 200 valence electrons. The molecule has 2 fully saturated rings. The van der Waals surface area contributed by atoms with E-state index in [1.54, 1.807) is 24.4 Å². The van der Waals surface area contributed by atoms with Gasteiger partial charge >= 0.3 is 0 Å². The van der Waals surface area contributed by atoms with E-state index in [0.717, 1.165) is 16.7 Å². The molecule has 2 heterocycles. The SMILES string of the molecule is CO/N=C\c1ccc(Oc2ccc(Cc3cc([C@]45OC[C@](CO)(O4)[C@@H](O)[C@H](O)[C@H]5O)ccc3Cl)cc2)cc1. The van der Waals surface area contributed by atoms with Crippen molar-refractivity contribution in [2.75, 3.05) is 20.3 Å². The second-order valence-corrected chi connectivity index (χ2v) is 9.78. The molecule has 0 unspecified atom stereocenters. The molecule has 2 saturated heterocycles. The Hall–Kier alpha value is -3.02. The van der Waals surface area contributed by atoms with Crippen LogP contribution in [-0.2, 0) is 26.5 Å². The fourth-order valence-electron chi connectivity index (χ4n) is 4.77. The van der Waals surface area contributed by atoms with Crippen LogP contribution in [0.3, 0.4) is 0 Å². The molecule has 5 rings (SSSR count). The van der Waals surface area contributed by atoms with E-state index in [9.17, 15) is 20.4 Å². The van der Waals surface area contributed by atoms with Gasteiger partial charge in [0.05, 0.1) is 19.4 Å². The zero-order valence-electron chi connectivity index (χ0n) is 20.5. The highest BCUT2D eigenvalue weighted by Crippen LogP contribution is 2.49. The summed E-state index contributed by atoms with van der Waals surface area (Å²) >= 11 is 6.49. The molecule has 4 N–H and O–H groups in total. The van der Waals surface area contributed by atoms with Crippen LogP contribution in [-0.4, -0.2) is 70.9 Å². The number of benzene rings is 3. The Kier molecular flexibility index (Phi) is 7.43. The van der Waals surface area contributed by atoms with Crippen molar-refractivity contribution in [2.24, 2.45) is 5.16 Å². The lowest BCUT2D eigenvalue weighted by atomic mass is 9.83. The summed E-state index contributed by atoms with van der Waals surface area (Å²) in [7, 11) is 1.49. The minimum Gasteiger partial charge on any atom is -0.457 e. The third-order valence-electron chi connectivity index (χ3n) is 6.92. The second-order valence-electron chi connectivity index (χ2n) is 9.38. The highest BCUT2D eigenvalue weighted by molar-refractivity contribution is 6.31. The maximum absolute atomic E-state index is 10.8. The van der Waals surface area contributed by atoms with Gasteiger partial charge in [-0.3, -0.25) is 0 Å². The van der Waals surface area contributed by atoms with E-state index < -0.39 is 36.3 Å². The van der Waals surface area contributed by atoms with Gasteiger partial charge in [-0.15, -0.1) is 0 Å². The molecule has 10 heteroatoms. The van der Waals surface area contributed by atoms with E-state index in [1.165, 1.54) is 7.11 Å². The van der Waals surface area contributed by atoms with Crippen LogP contribution >= 0.6 is 11.6 Å². The lowest BCUT2D eigenvalue weighted by Gasteiger charge is -2.46. The number of fused-ring (bicyclic) bond motifs is 2. The summed E-state index contributed by atoms with van der Waals surface area (Å²) in [5, 5.41) is 45.7. The normalized spacial score (nSPS) is 28.5. The molecular formula is C28H28ClNO8. The quantitative estimate of drug-likeness (QED) is 0.253. The minimum atomic E-state index is -1.75. The number of hydrogen-bond acceptors (Lipinski definition) is 9. The Morgan fingerprint density at radius 2 is 1.68 bits per heavy atom. The van der Waals surface area contributed by atoms with Crippen molar-refractivity contribution in [3.05, 3.63) is 94.0 Å². The Morgan fingerprint density at radius 1 is 1.00 bits per heavy atom. The number of aliphatic hydroxyl groups excluding tert-OH is 4. The zero-order chi connectivity index (χ0) is 26.9. The van der Waals surface area contributed by atoms with E-state index in [2.05, 4.69) is 9.99 Å². The fraction of sp³-hybridized carbons (Fsp3) is 0.321. The summed E-state index contributed by atoms with van der Waals surface area (Å²) in [6.07, 6.45) is -2.59. The first-order valence-corrected chi connectivity index (χ1v) is 12.4. The highest BCUT2D eigenvalue weighted by atomic mass is 35.5. The van der Waals surface area contributed by atoms with Crippen molar-refractivity contribution in [1.82, 2.24) is 0 Å². The van der Waals surface area contributed by atoms with Gasteiger partial charge in [0.15, 0.2) is 0 Å². The van der Waals surface area contributed by atoms with Crippen LogP contribution in [0.1, 0.15) is 22.3 Å². The summed E-state index contributed by atoms with van der Waals surface area (Å²) in [5.41, 5.74) is 1.46. The molecule has 0 spiro atoms. The Morgan fingerprint density at radius 3 is 2.34 bits per heavy atom. The molecular weight excluding hydrogens is 514 g/mol. The van der Waals surface area contributed by atoms with Crippen molar-refractivity contribution < 1.29 is 39.5 Å². The predicted octanol–water partition coefficient (Wildman–Crippen LogP) is 2.73. The molecule has 2 aliphatic heterocycles. The number of oxime groups is 1. The topological polar surface area (TPSA) is 130 Å². The van der Waals surface area contributed by atoms with Gasteiger partial charge in [-0.2, -0.15) is 0 Å². The molecule has 0 aromatic heterocycles. The van der Waals surface area contributed by atoms with E-state index in [-0.39, 0.29) is 6.61 Å². The second kappa shape index (κ2) is 10.6. The van der Waals surface area contributed by atoms with Crippen molar-refractivity contribution in [3.63, 3.8) is 0 Å². The first-order valence-electron chi connectivity index (χ1n) is 12.0. The van der Waals surface area contributed by atoms with Gasteiger partial charge in [-0.25, -0.2) is 0 Å². The van der Waals surface area contributed by atoms with Gasteiger partial charge in [-0.05, 0) is 71.6 Å². The molecule has 0 aliphatic carbocycles. The van der Waals surface area contributed by atoms with Crippen molar-refractivity contribution in [2.45, 2.75) is 36.1 Å². The van der Waals surface area contributed by atoms with Crippen molar-refractivity contribution in [1.29, 1.82) is 0 Å². The molecule has 2 bridgehead atoms. The summed E-state index contributed by atoms with van der Waals surface area (Å²) in [4.78, 5) is 4.68. The summed E-state index contributed by atoms with van der Waals surface area (Å²) in [6, 6.07) is 20.0.